The molecular formula is C11H20N4O2. The highest BCUT2D eigenvalue weighted by molar-refractivity contribution is 5.56. The molecule has 0 saturated heterocycles. The molecule has 1 atom stereocenters. The monoisotopic (exact) mass is 240 g/mol. The maximum atomic E-state index is 9.53. The van der Waals surface area contributed by atoms with E-state index in [0.29, 0.717) is 13.2 Å². The second-order valence-electron chi connectivity index (χ2n) is 3.72. The molecule has 0 radical (unpaired) electrons. The Morgan fingerprint density at radius 3 is 2.59 bits per heavy atom. The molecule has 17 heavy (non-hydrogen) atoms. The molecule has 1 aromatic heterocycles. The summed E-state index contributed by atoms with van der Waals surface area (Å²) in [6.45, 7) is 5.46. The molecule has 1 rings (SSSR count). The van der Waals surface area contributed by atoms with Crippen LogP contribution in [0.1, 0.15) is 12.5 Å². The lowest BCUT2D eigenvalue weighted by atomic mass is 10.3. The van der Waals surface area contributed by atoms with Crippen molar-refractivity contribution in [1.29, 1.82) is 0 Å². The summed E-state index contributed by atoms with van der Waals surface area (Å²) in [5, 5.41) is 15.8. The van der Waals surface area contributed by atoms with Crippen LogP contribution in [0.4, 0.5) is 11.6 Å². The highest BCUT2D eigenvalue weighted by Gasteiger charge is 2.08. The van der Waals surface area contributed by atoms with Crippen LogP contribution in [0, 0.1) is 6.92 Å². The fraction of sp³-hybridized carbons (Fsp3) is 0.636. The van der Waals surface area contributed by atoms with Gasteiger partial charge in [0, 0.05) is 25.8 Å². The van der Waals surface area contributed by atoms with Crippen molar-refractivity contribution in [2.45, 2.75) is 20.0 Å². The third-order valence-corrected chi connectivity index (χ3v) is 2.29. The van der Waals surface area contributed by atoms with Gasteiger partial charge in [-0.2, -0.15) is 0 Å². The molecule has 96 valence electrons. The highest BCUT2D eigenvalue weighted by atomic mass is 16.5. The van der Waals surface area contributed by atoms with Crippen LogP contribution in [-0.4, -0.2) is 48.0 Å². The Bertz CT molecular complexity index is 346. The van der Waals surface area contributed by atoms with Gasteiger partial charge in [-0.05, 0) is 13.8 Å². The number of hydrogen-bond donors (Lipinski definition) is 3. The number of aliphatic hydroxyl groups excluding tert-OH is 1. The number of hydrogen-bond acceptors (Lipinski definition) is 6. The zero-order valence-electron chi connectivity index (χ0n) is 10.5. The number of ether oxygens (including phenoxy) is 1. The Morgan fingerprint density at radius 1 is 1.35 bits per heavy atom. The Kier molecular flexibility index (Phi) is 5.65. The number of nitrogens with zero attached hydrogens (tertiary/aromatic N) is 2. The summed E-state index contributed by atoms with van der Waals surface area (Å²) >= 11 is 0. The van der Waals surface area contributed by atoms with Gasteiger partial charge in [0.1, 0.15) is 18.0 Å². The lowest BCUT2D eigenvalue weighted by Gasteiger charge is -2.14. The number of aliphatic hydroxyl groups is 1. The molecule has 0 bridgehead atoms. The third kappa shape index (κ3) is 4.16. The van der Waals surface area contributed by atoms with E-state index in [-0.39, 0.29) is 0 Å². The van der Waals surface area contributed by atoms with Crippen LogP contribution in [0.25, 0.3) is 0 Å². The van der Waals surface area contributed by atoms with Crippen molar-refractivity contribution < 1.29 is 9.84 Å². The van der Waals surface area contributed by atoms with Gasteiger partial charge in [-0.25, -0.2) is 9.97 Å². The lowest BCUT2D eigenvalue weighted by Crippen LogP contribution is -2.25. The van der Waals surface area contributed by atoms with E-state index < -0.39 is 6.10 Å². The Hall–Kier alpha value is -1.40. The molecule has 1 heterocycles. The van der Waals surface area contributed by atoms with E-state index in [9.17, 15) is 5.11 Å². The highest BCUT2D eigenvalue weighted by Crippen LogP contribution is 2.17. The van der Waals surface area contributed by atoms with Gasteiger partial charge in [-0.1, -0.05) is 0 Å². The molecule has 0 aliphatic rings. The predicted octanol–water partition coefficient (Wildman–Crippen LogP) is 0.636. The van der Waals surface area contributed by atoms with Gasteiger partial charge < -0.3 is 20.5 Å². The molecular weight excluding hydrogens is 220 g/mol. The van der Waals surface area contributed by atoms with Gasteiger partial charge in [0.05, 0.1) is 12.7 Å². The van der Waals surface area contributed by atoms with Crippen molar-refractivity contribution >= 4 is 11.6 Å². The molecule has 1 aromatic rings. The predicted molar refractivity (Wildman–Crippen MR) is 67.3 cm³/mol. The van der Waals surface area contributed by atoms with Crippen LogP contribution in [0.3, 0.4) is 0 Å². The summed E-state index contributed by atoms with van der Waals surface area (Å²) in [6.07, 6.45) is 0.952. The molecule has 0 saturated carbocycles. The van der Waals surface area contributed by atoms with Crippen LogP contribution >= 0.6 is 0 Å². The summed E-state index contributed by atoms with van der Waals surface area (Å²) in [7, 11) is 1.56. The molecule has 0 fully saturated rings. The first-order valence-electron chi connectivity index (χ1n) is 5.65. The standard InChI is InChI=1S/C11H20N4O2/c1-4-12-10-8(2)11(15-7-14-10)13-5-9(16)6-17-3/h7,9,16H,4-6H2,1-3H3,(H2,12,13,14,15). The molecule has 0 aromatic carbocycles. The molecule has 6 heteroatoms. The molecule has 1 unspecified atom stereocenters. The second-order valence-corrected chi connectivity index (χ2v) is 3.72. The van der Waals surface area contributed by atoms with E-state index in [1.807, 2.05) is 13.8 Å². The summed E-state index contributed by atoms with van der Waals surface area (Å²) in [5.74, 6) is 1.54. The minimum Gasteiger partial charge on any atom is -0.389 e. The molecule has 3 N–H and O–H groups in total. The van der Waals surface area contributed by atoms with E-state index >= 15 is 0 Å². The fourth-order valence-corrected chi connectivity index (χ4v) is 1.44. The third-order valence-electron chi connectivity index (χ3n) is 2.29. The number of nitrogens with one attached hydrogen (secondary N) is 2. The van der Waals surface area contributed by atoms with Crippen LogP contribution in [-0.2, 0) is 4.74 Å². The number of aromatic nitrogens is 2. The Morgan fingerprint density at radius 2 is 2.00 bits per heavy atom. The minimum atomic E-state index is -0.544. The van der Waals surface area contributed by atoms with Crippen LogP contribution in [0.5, 0.6) is 0 Å². The van der Waals surface area contributed by atoms with Crippen LogP contribution < -0.4 is 10.6 Å². The molecule has 0 aliphatic heterocycles. The van der Waals surface area contributed by atoms with Crippen molar-refractivity contribution in [2.24, 2.45) is 0 Å². The van der Waals surface area contributed by atoms with Gasteiger partial charge in [-0.15, -0.1) is 0 Å². The average molecular weight is 240 g/mol. The van der Waals surface area contributed by atoms with E-state index in [4.69, 9.17) is 4.74 Å². The normalized spacial score (nSPS) is 12.2. The van der Waals surface area contributed by atoms with Gasteiger partial charge in [0.2, 0.25) is 0 Å². The first-order valence-corrected chi connectivity index (χ1v) is 5.65. The van der Waals surface area contributed by atoms with Crippen LogP contribution in [0.15, 0.2) is 6.33 Å². The van der Waals surface area contributed by atoms with E-state index in [2.05, 4.69) is 20.6 Å². The van der Waals surface area contributed by atoms with Gasteiger partial charge in [0.15, 0.2) is 0 Å². The summed E-state index contributed by atoms with van der Waals surface area (Å²) < 4.78 is 4.85. The van der Waals surface area contributed by atoms with Gasteiger partial charge >= 0.3 is 0 Å². The van der Waals surface area contributed by atoms with Crippen molar-refractivity contribution in [3.8, 4) is 0 Å². The molecule has 0 amide bonds. The molecule has 6 nitrogen and oxygen atoms in total. The molecule has 0 aliphatic carbocycles. The zero-order chi connectivity index (χ0) is 12.7. The second kappa shape index (κ2) is 7.03. The SMILES string of the molecule is CCNc1ncnc(NCC(O)COC)c1C. The van der Waals surface area contributed by atoms with Crippen LogP contribution in [0.2, 0.25) is 0 Å². The maximum absolute atomic E-state index is 9.53. The lowest BCUT2D eigenvalue weighted by molar-refractivity contribution is 0.0727. The van der Waals surface area contributed by atoms with E-state index in [0.717, 1.165) is 23.7 Å². The average Bonchev–Trinajstić information content (AvgIpc) is 2.31. The van der Waals surface area contributed by atoms with Crippen molar-refractivity contribution in [1.82, 2.24) is 9.97 Å². The van der Waals surface area contributed by atoms with E-state index in [1.165, 1.54) is 6.33 Å². The smallest absolute Gasteiger partial charge is 0.134 e. The van der Waals surface area contributed by atoms with Crippen molar-refractivity contribution in [3.63, 3.8) is 0 Å². The number of methoxy groups -OCH3 is 1. The summed E-state index contributed by atoms with van der Waals surface area (Å²) in [5.41, 5.74) is 0.943. The Balaban J connectivity index is 2.61. The van der Waals surface area contributed by atoms with Crippen molar-refractivity contribution in [3.05, 3.63) is 11.9 Å². The van der Waals surface area contributed by atoms with E-state index in [1.54, 1.807) is 7.11 Å². The van der Waals surface area contributed by atoms with Gasteiger partial charge in [-0.3, -0.25) is 0 Å². The minimum absolute atomic E-state index is 0.303. The Labute approximate surface area is 101 Å². The van der Waals surface area contributed by atoms with Crippen molar-refractivity contribution in [2.75, 3.05) is 37.4 Å². The maximum Gasteiger partial charge on any atom is 0.134 e. The summed E-state index contributed by atoms with van der Waals surface area (Å²) in [4.78, 5) is 8.28. The fourth-order valence-electron chi connectivity index (χ4n) is 1.44. The zero-order valence-corrected chi connectivity index (χ0v) is 10.5. The first-order chi connectivity index (χ1) is 8.19. The summed E-state index contributed by atoms with van der Waals surface area (Å²) in [6, 6.07) is 0. The molecule has 0 spiro atoms. The number of rotatable bonds is 7. The quantitative estimate of drug-likeness (QED) is 0.649. The number of anilines is 2. The topological polar surface area (TPSA) is 79.3 Å². The first kappa shape index (κ1) is 13.7. The largest absolute Gasteiger partial charge is 0.389 e. The van der Waals surface area contributed by atoms with Gasteiger partial charge in [0.25, 0.3) is 0 Å².